The van der Waals surface area contributed by atoms with Crippen LogP contribution in [-0.2, 0) is 11.0 Å². The van der Waals surface area contributed by atoms with Crippen LogP contribution in [0.4, 0.5) is 18.9 Å². The van der Waals surface area contributed by atoms with Crippen LogP contribution in [0.15, 0.2) is 23.4 Å². The number of alkyl halides is 3. The summed E-state index contributed by atoms with van der Waals surface area (Å²) in [6, 6.07) is 3.21. The molecule has 134 valence electrons. The molecule has 0 bridgehead atoms. The minimum absolute atomic E-state index is 0.0546. The highest BCUT2D eigenvalue weighted by Gasteiger charge is 2.34. The minimum Gasteiger partial charge on any atom is -0.325 e. The van der Waals surface area contributed by atoms with Crippen molar-refractivity contribution >= 4 is 35.0 Å². The molecule has 10 heteroatoms. The average Bonchev–Trinajstić information content (AvgIpc) is 3.28. The standard InChI is InChI=1S/C15H14ClF3N4OS/c1-7(25-14-21-12(22-23-14)8-2-3-8)13(24)20-11-5-4-9(16)6-10(11)15(17,18)19/h4-8H,2-3H2,1H3,(H,20,24)(H,21,22,23). The number of carbonyl (C=O) groups is 1. The number of amides is 1. The van der Waals surface area contributed by atoms with Gasteiger partial charge < -0.3 is 5.32 Å². The van der Waals surface area contributed by atoms with Crippen LogP contribution in [0, 0.1) is 0 Å². The Hall–Kier alpha value is -1.74. The van der Waals surface area contributed by atoms with E-state index in [1.165, 1.54) is 6.07 Å². The quantitative estimate of drug-likeness (QED) is 0.739. The number of nitrogens with zero attached hydrogens (tertiary/aromatic N) is 2. The fourth-order valence-corrected chi connectivity index (χ4v) is 3.06. The van der Waals surface area contributed by atoms with Crippen molar-refractivity contribution in [1.29, 1.82) is 0 Å². The highest BCUT2D eigenvalue weighted by Crippen LogP contribution is 2.39. The van der Waals surface area contributed by atoms with Gasteiger partial charge in [0.15, 0.2) is 0 Å². The van der Waals surface area contributed by atoms with Crippen molar-refractivity contribution < 1.29 is 18.0 Å². The molecule has 0 spiro atoms. The van der Waals surface area contributed by atoms with E-state index in [0.29, 0.717) is 11.1 Å². The molecule has 0 radical (unpaired) electrons. The number of anilines is 1. The Labute approximate surface area is 150 Å². The molecule has 0 aliphatic heterocycles. The summed E-state index contributed by atoms with van der Waals surface area (Å²) in [5.74, 6) is 0.608. The van der Waals surface area contributed by atoms with Crippen LogP contribution < -0.4 is 5.32 Å². The molecule has 3 rings (SSSR count). The van der Waals surface area contributed by atoms with E-state index in [0.717, 1.165) is 42.6 Å². The van der Waals surface area contributed by atoms with Crippen molar-refractivity contribution in [2.75, 3.05) is 5.32 Å². The number of rotatable bonds is 5. The summed E-state index contributed by atoms with van der Waals surface area (Å²) in [5, 5.41) is 8.82. The van der Waals surface area contributed by atoms with E-state index in [2.05, 4.69) is 20.5 Å². The van der Waals surface area contributed by atoms with Crippen LogP contribution in [0.5, 0.6) is 0 Å². The average molecular weight is 391 g/mol. The maximum Gasteiger partial charge on any atom is 0.418 e. The summed E-state index contributed by atoms with van der Waals surface area (Å²) >= 11 is 6.71. The van der Waals surface area contributed by atoms with E-state index in [9.17, 15) is 18.0 Å². The molecule has 5 nitrogen and oxygen atoms in total. The lowest BCUT2D eigenvalue weighted by Crippen LogP contribution is -2.24. The molecule has 1 heterocycles. The fourth-order valence-electron chi connectivity index (χ4n) is 2.16. The molecule has 1 aliphatic carbocycles. The summed E-state index contributed by atoms with van der Waals surface area (Å²) < 4.78 is 39.2. The molecule has 2 aromatic rings. The second-order valence-corrected chi connectivity index (χ2v) is 7.46. The smallest absolute Gasteiger partial charge is 0.325 e. The van der Waals surface area contributed by atoms with Gasteiger partial charge in [0, 0.05) is 10.9 Å². The van der Waals surface area contributed by atoms with Gasteiger partial charge in [-0.2, -0.15) is 13.2 Å². The number of hydrogen-bond acceptors (Lipinski definition) is 4. The van der Waals surface area contributed by atoms with Crippen LogP contribution in [0.3, 0.4) is 0 Å². The van der Waals surface area contributed by atoms with Gasteiger partial charge in [-0.15, -0.1) is 5.10 Å². The van der Waals surface area contributed by atoms with E-state index in [1.54, 1.807) is 6.92 Å². The van der Waals surface area contributed by atoms with E-state index in [-0.39, 0.29) is 10.7 Å². The third-order valence-corrected chi connectivity index (χ3v) is 4.84. The maximum atomic E-state index is 13.1. The van der Waals surface area contributed by atoms with Crippen LogP contribution >= 0.6 is 23.4 Å². The van der Waals surface area contributed by atoms with Crippen LogP contribution in [0.25, 0.3) is 0 Å². The predicted octanol–water partition coefficient (Wildman–Crippen LogP) is 4.47. The van der Waals surface area contributed by atoms with Gasteiger partial charge in [-0.3, -0.25) is 9.89 Å². The molecule has 1 unspecified atom stereocenters. The first-order chi connectivity index (χ1) is 11.7. The summed E-state index contributed by atoms with van der Waals surface area (Å²) in [5.41, 5.74) is -1.32. The molecule has 1 aliphatic rings. The topological polar surface area (TPSA) is 70.7 Å². The Bertz CT molecular complexity index is 791. The summed E-state index contributed by atoms with van der Waals surface area (Å²) in [6.07, 6.45) is -2.49. The molecule has 1 aromatic carbocycles. The molecule has 1 fully saturated rings. The molecular formula is C15H14ClF3N4OS. The number of hydrogen-bond donors (Lipinski definition) is 2. The van der Waals surface area contributed by atoms with E-state index in [1.807, 2.05) is 0 Å². The molecular weight excluding hydrogens is 377 g/mol. The zero-order valence-corrected chi connectivity index (χ0v) is 14.6. The van der Waals surface area contributed by atoms with Gasteiger partial charge >= 0.3 is 6.18 Å². The van der Waals surface area contributed by atoms with Crippen molar-refractivity contribution in [3.8, 4) is 0 Å². The van der Waals surface area contributed by atoms with Crippen molar-refractivity contribution in [3.05, 3.63) is 34.6 Å². The maximum absolute atomic E-state index is 13.1. The lowest BCUT2D eigenvalue weighted by atomic mass is 10.1. The number of halogens is 4. The van der Waals surface area contributed by atoms with Gasteiger partial charge in [0.1, 0.15) is 5.82 Å². The Balaban J connectivity index is 1.68. The molecule has 1 saturated carbocycles. The first-order valence-electron chi connectivity index (χ1n) is 7.50. The van der Waals surface area contributed by atoms with E-state index in [4.69, 9.17) is 11.6 Å². The first kappa shape index (κ1) is 18.1. The number of thioether (sulfide) groups is 1. The number of benzene rings is 1. The summed E-state index contributed by atoms with van der Waals surface area (Å²) in [6.45, 7) is 1.58. The molecule has 1 aromatic heterocycles. The van der Waals surface area contributed by atoms with E-state index >= 15 is 0 Å². The monoisotopic (exact) mass is 390 g/mol. The molecule has 1 amide bonds. The van der Waals surface area contributed by atoms with Crippen LogP contribution in [0.1, 0.15) is 37.1 Å². The van der Waals surface area contributed by atoms with Crippen molar-refractivity contribution in [1.82, 2.24) is 15.2 Å². The number of H-pyrrole nitrogens is 1. The lowest BCUT2D eigenvalue weighted by Gasteiger charge is -2.16. The van der Waals surface area contributed by atoms with Crippen LogP contribution in [0.2, 0.25) is 5.02 Å². The number of carbonyl (C=O) groups excluding carboxylic acids is 1. The fraction of sp³-hybridized carbons (Fsp3) is 0.400. The van der Waals surface area contributed by atoms with Gasteiger partial charge in [0.25, 0.3) is 0 Å². The Morgan fingerprint density at radius 1 is 1.44 bits per heavy atom. The van der Waals surface area contributed by atoms with Gasteiger partial charge in [0.05, 0.1) is 16.5 Å². The van der Waals surface area contributed by atoms with Crippen molar-refractivity contribution in [2.24, 2.45) is 0 Å². The predicted molar refractivity (Wildman–Crippen MR) is 88.8 cm³/mol. The molecule has 0 saturated heterocycles. The zero-order valence-electron chi connectivity index (χ0n) is 13.0. The third kappa shape index (κ3) is 4.46. The Morgan fingerprint density at radius 2 is 2.16 bits per heavy atom. The minimum atomic E-state index is -4.62. The Kier molecular flexibility index (Phi) is 4.97. The van der Waals surface area contributed by atoms with Gasteiger partial charge in [-0.1, -0.05) is 23.4 Å². The van der Waals surface area contributed by atoms with Gasteiger partial charge in [-0.25, -0.2) is 4.98 Å². The SMILES string of the molecule is CC(Sc1n[nH]c(C2CC2)n1)C(=O)Nc1ccc(Cl)cc1C(F)(F)F. The second-order valence-electron chi connectivity index (χ2n) is 5.71. The highest BCUT2D eigenvalue weighted by molar-refractivity contribution is 8.00. The normalized spacial score (nSPS) is 15.9. The summed E-state index contributed by atoms with van der Waals surface area (Å²) in [4.78, 5) is 16.5. The molecule has 25 heavy (non-hydrogen) atoms. The first-order valence-corrected chi connectivity index (χ1v) is 8.76. The zero-order chi connectivity index (χ0) is 18.2. The lowest BCUT2D eigenvalue weighted by molar-refractivity contribution is -0.137. The highest BCUT2D eigenvalue weighted by atomic mass is 35.5. The number of nitrogens with one attached hydrogen (secondary N) is 2. The van der Waals surface area contributed by atoms with Crippen molar-refractivity contribution in [2.45, 2.75) is 42.3 Å². The van der Waals surface area contributed by atoms with Gasteiger partial charge in [0.2, 0.25) is 11.1 Å². The Morgan fingerprint density at radius 3 is 2.80 bits per heavy atom. The number of aromatic nitrogens is 3. The largest absolute Gasteiger partial charge is 0.418 e. The number of aromatic amines is 1. The molecule has 2 N–H and O–H groups in total. The van der Waals surface area contributed by atoms with Gasteiger partial charge in [-0.05, 0) is 38.0 Å². The van der Waals surface area contributed by atoms with Crippen LogP contribution in [-0.4, -0.2) is 26.3 Å². The summed E-state index contributed by atoms with van der Waals surface area (Å²) in [7, 11) is 0. The third-order valence-electron chi connectivity index (χ3n) is 3.64. The second kappa shape index (κ2) is 6.87. The van der Waals surface area contributed by atoms with E-state index < -0.39 is 22.9 Å². The van der Waals surface area contributed by atoms with Crippen molar-refractivity contribution in [3.63, 3.8) is 0 Å². The molecule has 1 atom stereocenters.